The highest BCUT2D eigenvalue weighted by molar-refractivity contribution is 6.10. The maximum absolute atomic E-state index is 12.8. The summed E-state index contributed by atoms with van der Waals surface area (Å²) in [5.41, 5.74) is 3.77. The van der Waals surface area contributed by atoms with Gasteiger partial charge in [-0.05, 0) is 29.2 Å². The molecule has 0 radical (unpaired) electrons. The van der Waals surface area contributed by atoms with E-state index in [-0.39, 0.29) is 24.2 Å². The summed E-state index contributed by atoms with van der Waals surface area (Å²) in [6.45, 7) is 3.49. The molecule has 1 aromatic heterocycles. The van der Waals surface area contributed by atoms with E-state index in [9.17, 15) is 9.59 Å². The number of nitrogens with zero attached hydrogens (tertiary/aromatic N) is 2. The van der Waals surface area contributed by atoms with E-state index in [1.54, 1.807) is 6.20 Å². The van der Waals surface area contributed by atoms with Crippen molar-refractivity contribution >= 4 is 17.3 Å². The molecule has 1 aromatic carbocycles. The summed E-state index contributed by atoms with van der Waals surface area (Å²) in [6, 6.07) is 13.9. The molecular formula is C24H27N3O3. The molecule has 1 N–H and O–H groups in total. The number of hydrogen-bond donors (Lipinski definition) is 1. The van der Waals surface area contributed by atoms with Gasteiger partial charge in [0.15, 0.2) is 5.78 Å². The summed E-state index contributed by atoms with van der Waals surface area (Å²) >= 11 is 0. The molecule has 30 heavy (non-hydrogen) atoms. The standard InChI is InChI=1S/C24H27N3O3/c28-23-9-8-20(18-5-2-1-3-6-18)21(23)15-24(29)26-17-22(19-7-4-10-25-16-19)27-11-13-30-14-12-27/h1-7,10,16,22H,8-9,11-15,17H2,(H,26,29). The van der Waals surface area contributed by atoms with Crippen LogP contribution < -0.4 is 5.32 Å². The van der Waals surface area contributed by atoms with Crippen LogP contribution in [0.1, 0.15) is 36.4 Å². The van der Waals surface area contributed by atoms with Crippen LogP contribution in [-0.4, -0.2) is 54.4 Å². The minimum atomic E-state index is -0.115. The Balaban J connectivity index is 1.45. The van der Waals surface area contributed by atoms with Gasteiger partial charge in [-0.2, -0.15) is 0 Å². The van der Waals surface area contributed by atoms with E-state index >= 15 is 0 Å². The fourth-order valence-corrected chi connectivity index (χ4v) is 4.23. The Morgan fingerprint density at radius 3 is 2.63 bits per heavy atom. The molecule has 2 aliphatic rings. The normalized spacial score (nSPS) is 18.5. The van der Waals surface area contributed by atoms with Gasteiger partial charge in [0.25, 0.3) is 0 Å². The van der Waals surface area contributed by atoms with Gasteiger partial charge in [0.2, 0.25) is 5.91 Å². The van der Waals surface area contributed by atoms with Crippen LogP contribution in [0.4, 0.5) is 0 Å². The molecule has 2 heterocycles. The van der Waals surface area contributed by atoms with Crippen molar-refractivity contribution in [1.82, 2.24) is 15.2 Å². The van der Waals surface area contributed by atoms with Crippen LogP contribution >= 0.6 is 0 Å². The van der Waals surface area contributed by atoms with Gasteiger partial charge in [-0.1, -0.05) is 36.4 Å². The zero-order valence-corrected chi connectivity index (χ0v) is 17.0. The van der Waals surface area contributed by atoms with Gasteiger partial charge in [-0.25, -0.2) is 0 Å². The predicted octanol–water partition coefficient (Wildman–Crippen LogP) is 2.78. The minimum Gasteiger partial charge on any atom is -0.379 e. The van der Waals surface area contributed by atoms with Gasteiger partial charge >= 0.3 is 0 Å². The van der Waals surface area contributed by atoms with E-state index in [0.29, 0.717) is 38.2 Å². The first-order valence-electron chi connectivity index (χ1n) is 10.5. The average Bonchev–Trinajstić information content (AvgIpc) is 3.16. The van der Waals surface area contributed by atoms with Crippen molar-refractivity contribution in [2.75, 3.05) is 32.8 Å². The molecule has 1 unspecified atom stereocenters. The lowest BCUT2D eigenvalue weighted by atomic mass is 10.00. The van der Waals surface area contributed by atoms with Gasteiger partial charge < -0.3 is 10.1 Å². The van der Waals surface area contributed by atoms with Crippen LogP contribution in [0.25, 0.3) is 5.57 Å². The highest BCUT2D eigenvalue weighted by Crippen LogP contribution is 2.33. The Morgan fingerprint density at radius 2 is 1.90 bits per heavy atom. The van der Waals surface area contributed by atoms with Crippen LogP contribution in [-0.2, 0) is 14.3 Å². The molecule has 0 bridgehead atoms. The maximum atomic E-state index is 12.8. The Morgan fingerprint density at radius 1 is 1.10 bits per heavy atom. The Labute approximate surface area is 176 Å². The number of aromatic nitrogens is 1. The maximum Gasteiger partial charge on any atom is 0.224 e. The van der Waals surface area contributed by atoms with Crippen molar-refractivity contribution in [2.24, 2.45) is 0 Å². The first-order chi connectivity index (χ1) is 14.7. The third-order valence-electron chi connectivity index (χ3n) is 5.81. The van der Waals surface area contributed by atoms with Crippen molar-refractivity contribution in [3.05, 3.63) is 71.6 Å². The zero-order chi connectivity index (χ0) is 20.8. The number of allylic oxidation sites excluding steroid dienone is 1. The first-order valence-corrected chi connectivity index (χ1v) is 10.5. The zero-order valence-electron chi connectivity index (χ0n) is 17.0. The Bertz CT molecular complexity index is 906. The SMILES string of the molecule is O=C(CC1=C(c2ccccc2)CCC1=O)NCC(c1cccnc1)N1CCOCC1. The number of carbonyl (C=O) groups is 2. The molecule has 2 aromatic rings. The molecule has 1 fully saturated rings. The van der Waals surface area contributed by atoms with E-state index < -0.39 is 0 Å². The van der Waals surface area contributed by atoms with E-state index in [1.807, 2.05) is 48.7 Å². The number of hydrogen-bond acceptors (Lipinski definition) is 5. The van der Waals surface area contributed by atoms with Crippen molar-refractivity contribution in [3.63, 3.8) is 0 Å². The van der Waals surface area contributed by atoms with Crippen molar-refractivity contribution in [1.29, 1.82) is 0 Å². The molecule has 1 atom stereocenters. The predicted molar refractivity (Wildman–Crippen MR) is 115 cm³/mol. The average molecular weight is 405 g/mol. The summed E-state index contributed by atoms with van der Waals surface area (Å²) in [7, 11) is 0. The van der Waals surface area contributed by atoms with Crippen molar-refractivity contribution < 1.29 is 14.3 Å². The number of rotatable bonds is 7. The fourth-order valence-electron chi connectivity index (χ4n) is 4.23. The molecule has 1 saturated heterocycles. The highest BCUT2D eigenvalue weighted by atomic mass is 16.5. The van der Waals surface area contributed by atoms with Gasteiger partial charge in [-0.15, -0.1) is 0 Å². The van der Waals surface area contributed by atoms with Gasteiger partial charge in [0, 0.05) is 44.0 Å². The summed E-state index contributed by atoms with van der Waals surface area (Å²) in [6.07, 6.45) is 4.92. The number of ether oxygens (including phenoxy) is 1. The lowest BCUT2D eigenvalue weighted by Gasteiger charge is -2.34. The number of pyridine rings is 1. The number of benzene rings is 1. The van der Waals surface area contributed by atoms with E-state index in [4.69, 9.17) is 4.74 Å². The number of carbonyl (C=O) groups excluding carboxylic acids is 2. The van der Waals surface area contributed by atoms with Crippen LogP contribution in [0, 0.1) is 0 Å². The van der Waals surface area contributed by atoms with Crippen molar-refractivity contribution in [2.45, 2.75) is 25.3 Å². The number of ketones is 1. The lowest BCUT2D eigenvalue weighted by Crippen LogP contribution is -2.44. The van der Waals surface area contributed by atoms with Gasteiger partial charge in [0.1, 0.15) is 0 Å². The molecule has 0 spiro atoms. The monoisotopic (exact) mass is 405 g/mol. The quantitative estimate of drug-likeness (QED) is 0.767. The van der Waals surface area contributed by atoms with Crippen LogP contribution in [0.3, 0.4) is 0 Å². The summed E-state index contributed by atoms with van der Waals surface area (Å²) in [5.74, 6) is -0.0307. The molecule has 4 rings (SSSR count). The molecule has 156 valence electrons. The number of morpholine rings is 1. The molecule has 1 aliphatic carbocycles. The van der Waals surface area contributed by atoms with Crippen LogP contribution in [0.2, 0.25) is 0 Å². The Kier molecular flexibility index (Phi) is 6.67. The van der Waals surface area contributed by atoms with Gasteiger partial charge in [-0.3, -0.25) is 19.5 Å². The van der Waals surface area contributed by atoms with Crippen molar-refractivity contribution in [3.8, 4) is 0 Å². The third-order valence-corrected chi connectivity index (χ3v) is 5.81. The summed E-state index contributed by atoms with van der Waals surface area (Å²) in [4.78, 5) is 31.8. The second-order valence-corrected chi connectivity index (χ2v) is 7.68. The first kappa shape index (κ1) is 20.4. The highest BCUT2D eigenvalue weighted by Gasteiger charge is 2.27. The Hall–Kier alpha value is -2.83. The molecule has 6 heteroatoms. The van der Waals surface area contributed by atoms with E-state index in [1.165, 1.54) is 0 Å². The molecular weight excluding hydrogens is 378 g/mol. The smallest absolute Gasteiger partial charge is 0.224 e. The molecule has 1 amide bonds. The second kappa shape index (κ2) is 9.78. The fraction of sp³-hybridized carbons (Fsp3) is 0.375. The summed E-state index contributed by atoms with van der Waals surface area (Å²) in [5, 5.41) is 3.06. The van der Waals surface area contributed by atoms with E-state index in [0.717, 1.165) is 29.8 Å². The van der Waals surface area contributed by atoms with Crippen LogP contribution in [0.5, 0.6) is 0 Å². The molecule has 6 nitrogen and oxygen atoms in total. The topological polar surface area (TPSA) is 71.5 Å². The minimum absolute atomic E-state index is 0.0356. The number of amides is 1. The summed E-state index contributed by atoms with van der Waals surface area (Å²) < 4.78 is 5.48. The number of Topliss-reactive ketones (excluding diaryl/α,β-unsaturated/α-hetero) is 1. The number of nitrogens with one attached hydrogen (secondary N) is 1. The lowest BCUT2D eigenvalue weighted by molar-refractivity contribution is -0.122. The van der Waals surface area contributed by atoms with Gasteiger partial charge in [0.05, 0.1) is 25.7 Å². The van der Waals surface area contributed by atoms with E-state index in [2.05, 4.69) is 15.2 Å². The second-order valence-electron chi connectivity index (χ2n) is 7.68. The largest absolute Gasteiger partial charge is 0.379 e. The molecule has 1 aliphatic heterocycles. The molecule has 0 saturated carbocycles. The van der Waals surface area contributed by atoms with Crippen LogP contribution in [0.15, 0.2) is 60.4 Å². The third kappa shape index (κ3) is 4.83.